The van der Waals surface area contributed by atoms with Crippen LogP contribution in [0, 0.1) is 5.41 Å². The molecule has 0 spiro atoms. The van der Waals surface area contributed by atoms with E-state index < -0.39 is 11.5 Å². The fraction of sp³-hybridized carbons (Fsp3) is 0.350. The van der Waals surface area contributed by atoms with Crippen molar-refractivity contribution in [2.45, 2.75) is 27.2 Å². The lowest BCUT2D eigenvalue weighted by molar-refractivity contribution is -0.128. The van der Waals surface area contributed by atoms with Gasteiger partial charge in [-0.05, 0) is 18.4 Å². The van der Waals surface area contributed by atoms with Gasteiger partial charge in [0, 0.05) is 30.0 Å². The third-order valence-electron chi connectivity index (χ3n) is 3.84. The maximum absolute atomic E-state index is 12.2. The van der Waals surface area contributed by atoms with E-state index in [1.807, 2.05) is 57.2 Å². The van der Waals surface area contributed by atoms with Crippen LogP contribution in [0.25, 0.3) is 10.8 Å². The van der Waals surface area contributed by atoms with Crippen molar-refractivity contribution in [3.63, 3.8) is 0 Å². The van der Waals surface area contributed by atoms with Gasteiger partial charge in [0.2, 0.25) is 0 Å². The van der Waals surface area contributed by atoms with Crippen molar-refractivity contribution in [2.24, 2.45) is 10.4 Å². The molecule has 1 amide bonds. The van der Waals surface area contributed by atoms with Crippen molar-refractivity contribution < 1.29 is 19.1 Å². The molecule has 0 aliphatic carbocycles. The predicted octanol–water partition coefficient (Wildman–Crippen LogP) is 4.43. The van der Waals surface area contributed by atoms with Crippen LogP contribution >= 0.6 is 0 Å². The first kappa shape index (κ1) is 18.8. The molecule has 2 aromatic rings. The lowest BCUT2D eigenvalue weighted by atomic mass is 9.87. The van der Waals surface area contributed by atoms with Gasteiger partial charge in [-0.3, -0.25) is 4.79 Å². The van der Waals surface area contributed by atoms with Crippen LogP contribution in [0.2, 0.25) is 0 Å². The summed E-state index contributed by atoms with van der Waals surface area (Å²) in [5.74, 6) is 0.408. The lowest BCUT2D eigenvalue weighted by Gasteiger charge is -2.21. The van der Waals surface area contributed by atoms with Crippen LogP contribution in [-0.2, 0) is 9.53 Å². The lowest BCUT2D eigenvalue weighted by Crippen LogP contribution is -2.30. The molecule has 5 heteroatoms. The Hall–Kier alpha value is -2.53. The maximum atomic E-state index is 12.2. The van der Waals surface area contributed by atoms with Crippen molar-refractivity contribution >= 4 is 28.9 Å². The summed E-state index contributed by atoms with van der Waals surface area (Å²) in [6.07, 6.45) is 0.612. The normalized spacial score (nSPS) is 11.8. The van der Waals surface area contributed by atoms with Gasteiger partial charge in [-0.25, -0.2) is 4.79 Å². The van der Waals surface area contributed by atoms with E-state index in [4.69, 9.17) is 9.47 Å². The average molecular weight is 341 g/mol. The molecule has 0 atom stereocenters. The Morgan fingerprint density at radius 2 is 1.84 bits per heavy atom. The van der Waals surface area contributed by atoms with E-state index in [0.29, 0.717) is 19.0 Å². The first-order valence-electron chi connectivity index (χ1n) is 8.27. The van der Waals surface area contributed by atoms with Crippen LogP contribution in [0.1, 0.15) is 27.2 Å². The molecule has 0 fully saturated rings. The summed E-state index contributed by atoms with van der Waals surface area (Å²) in [4.78, 5) is 27.8. The highest BCUT2D eigenvalue weighted by Crippen LogP contribution is 2.25. The van der Waals surface area contributed by atoms with Crippen LogP contribution < -0.4 is 4.74 Å². The second-order valence-corrected chi connectivity index (χ2v) is 6.31. The minimum atomic E-state index is -0.744. The number of nitrogens with zero attached hydrogens (tertiary/aromatic N) is 1. The highest BCUT2D eigenvalue weighted by molar-refractivity contribution is 5.98. The number of aliphatic imine (C=N–C) groups is 1. The summed E-state index contributed by atoms with van der Waals surface area (Å²) in [5.41, 5.74) is -0.610. The van der Waals surface area contributed by atoms with Gasteiger partial charge in [-0.2, -0.15) is 4.99 Å². The molecule has 0 radical (unpaired) electrons. The number of benzene rings is 2. The van der Waals surface area contributed by atoms with E-state index in [1.165, 1.54) is 6.21 Å². The number of hydrogen-bond acceptors (Lipinski definition) is 4. The summed E-state index contributed by atoms with van der Waals surface area (Å²) in [5, 5.41) is 1.81. The van der Waals surface area contributed by atoms with Crippen molar-refractivity contribution in [1.29, 1.82) is 0 Å². The monoisotopic (exact) mass is 341 g/mol. The molecule has 0 bridgehead atoms. The number of Topliss-reactive ketones (excluding diaryl/α,β-unsaturated/α-hetero) is 1. The van der Waals surface area contributed by atoms with Crippen LogP contribution in [0.4, 0.5) is 4.79 Å². The number of ketones is 1. The van der Waals surface area contributed by atoms with E-state index in [-0.39, 0.29) is 12.2 Å². The number of carbonyl (C=O) groups is 2. The van der Waals surface area contributed by atoms with Crippen LogP contribution in [0.15, 0.2) is 47.5 Å². The minimum absolute atomic E-state index is 0.0392. The SMILES string of the molecule is CCOCC(C)(C)C(=O)CC=NC(=O)Oc1cccc2ccccc12. The molecule has 0 N–H and O–H groups in total. The summed E-state index contributed by atoms with van der Waals surface area (Å²) in [7, 11) is 0. The molecule has 0 aromatic heterocycles. The second-order valence-electron chi connectivity index (χ2n) is 6.31. The van der Waals surface area contributed by atoms with E-state index in [9.17, 15) is 9.59 Å². The van der Waals surface area contributed by atoms with E-state index in [1.54, 1.807) is 6.07 Å². The van der Waals surface area contributed by atoms with Crippen molar-refractivity contribution in [3.05, 3.63) is 42.5 Å². The molecule has 132 valence electrons. The Morgan fingerprint density at radius 1 is 1.12 bits per heavy atom. The summed E-state index contributed by atoms with van der Waals surface area (Å²) >= 11 is 0. The quantitative estimate of drug-likeness (QED) is 0.699. The average Bonchev–Trinajstić information content (AvgIpc) is 2.60. The van der Waals surface area contributed by atoms with Crippen LogP contribution in [0.5, 0.6) is 5.75 Å². The van der Waals surface area contributed by atoms with Gasteiger partial charge in [0.1, 0.15) is 11.5 Å². The van der Waals surface area contributed by atoms with E-state index in [0.717, 1.165) is 10.8 Å². The molecule has 2 aromatic carbocycles. The molecule has 25 heavy (non-hydrogen) atoms. The Morgan fingerprint density at radius 3 is 2.60 bits per heavy atom. The van der Waals surface area contributed by atoms with Crippen molar-refractivity contribution in [1.82, 2.24) is 0 Å². The highest BCUT2D eigenvalue weighted by Gasteiger charge is 2.26. The van der Waals surface area contributed by atoms with Gasteiger partial charge in [-0.1, -0.05) is 50.2 Å². The molecule has 0 unspecified atom stereocenters. The fourth-order valence-corrected chi connectivity index (χ4v) is 2.32. The number of carbonyl (C=O) groups excluding carboxylic acids is 2. The Labute approximate surface area is 147 Å². The zero-order valence-corrected chi connectivity index (χ0v) is 14.8. The maximum Gasteiger partial charge on any atom is 0.438 e. The molecule has 0 aliphatic rings. The van der Waals surface area contributed by atoms with E-state index in [2.05, 4.69) is 4.99 Å². The van der Waals surface area contributed by atoms with Crippen LogP contribution in [-0.4, -0.2) is 31.3 Å². The molecule has 0 saturated carbocycles. The topological polar surface area (TPSA) is 65.0 Å². The second kappa shape index (κ2) is 8.53. The van der Waals surface area contributed by atoms with Gasteiger partial charge < -0.3 is 9.47 Å². The first-order valence-corrected chi connectivity index (χ1v) is 8.27. The highest BCUT2D eigenvalue weighted by atomic mass is 16.5. The van der Waals surface area contributed by atoms with Crippen LogP contribution in [0.3, 0.4) is 0 Å². The van der Waals surface area contributed by atoms with E-state index >= 15 is 0 Å². The minimum Gasteiger partial charge on any atom is -0.408 e. The van der Waals surface area contributed by atoms with Gasteiger partial charge in [0.25, 0.3) is 0 Å². The number of rotatable bonds is 7. The number of amides is 1. The zero-order chi connectivity index (χ0) is 18.3. The smallest absolute Gasteiger partial charge is 0.408 e. The van der Waals surface area contributed by atoms with Gasteiger partial charge in [-0.15, -0.1) is 0 Å². The van der Waals surface area contributed by atoms with Gasteiger partial charge in [0.15, 0.2) is 0 Å². The number of ether oxygens (including phenoxy) is 2. The standard InChI is InChI=1S/C20H23NO4/c1-4-24-14-20(2,3)18(22)12-13-21-19(23)25-17-11-7-9-15-8-5-6-10-16(15)17/h5-11,13H,4,12,14H2,1-3H3. The van der Waals surface area contributed by atoms with Gasteiger partial charge >= 0.3 is 6.09 Å². The fourth-order valence-electron chi connectivity index (χ4n) is 2.32. The molecule has 2 rings (SSSR count). The third kappa shape index (κ3) is 5.22. The molecular weight excluding hydrogens is 318 g/mol. The van der Waals surface area contributed by atoms with Crippen molar-refractivity contribution in [2.75, 3.05) is 13.2 Å². The third-order valence-corrected chi connectivity index (χ3v) is 3.84. The predicted molar refractivity (Wildman–Crippen MR) is 98.4 cm³/mol. The molecule has 0 saturated heterocycles. The Kier molecular flexibility index (Phi) is 6.42. The largest absolute Gasteiger partial charge is 0.438 e. The molecule has 5 nitrogen and oxygen atoms in total. The summed E-state index contributed by atoms with van der Waals surface area (Å²) < 4.78 is 10.6. The summed E-state index contributed by atoms with van der Waals surface area (Å²) in [6.45, 7) is 6.41. The number of hydrogen-bond donors (Lipinski definition) is 0. The number of fused-ring (bicyclic) bond motifs is 1. The van der Waals surface area contributed by atoms with Crippen molar-refractivity contribution in [3.8, 4) is 5.75 Å². The summed E-state index contributed by atoms with van der Waals surface area (Å²) in [6, 6.07) is 13.1. The zero-order valence-electron chi connectivity index (χ0n) is 14.8. The van der Waals surface area contributed by atoms with Gasteiger partial charge in [0.05, 0.1) is 6.61 Å². The Bertz CT molecular complexity index is 775. The molecule has 0 aliphatic heterocycles. The molecular formula is C20H23NO4. The first-order chi connectivity index (χ1) is 11.9. The molecule has 0 heterocycles. The Balaban J connectivity index is 1.95.